The molecule has 10 rings (SSSR count). The van der Waals surface area contributed by atoms with Crippen LogP contribution in [0.2, 0.25) is 0 Å². The smallest absolute Gasteiger partial charge is 0.164 e. The van der Waals surface area contributed by atoms with Gasteiger partial charge in [0, 0.05) is 33.4 Å². The normalized spacial score (nSPS) is 11.0. The molecular weight excluding hydrogens is 731 g/mol. The van der Waals surface area contributed by atoms with Crippen LogP contribution < -0.4 is 0 Å². The SMILES string of the molecule is c1ccc(-c2ccc(-c3cc(-c4cccc(-c5cccc(-c6nc(-c7ccccc7)nc(-c7ccc(-c8ccccc8)cc7)n6)c5)c4)nc(-c4ccccc4)n3)cc2)cc1. The molecule has 0 amide bonds. The first-order valence-corrected chi connectivity index (χ1v) is 20.0. The Hall–Kier alpha value is -8.15. The van der Waals surface area contributed by atoms with Crippen LogP contribution >= 0.6 is 0 Å². The predicted molar refractivity (Wildman–Crippen MR) is 244 cm³/mol. The highest BCUT2D eigenvalue weighted by molar-refractivity contribution is 5.79. The van der Waals surface area contributed by atoms with Gasteiger partial charge in [-0.05, 0) is 51.6 Å². The fourth-order valence-corrected chi connectivity index (χ4v) is 7.41. The summed E-state index contributed by atoms with van der Waals surface area (Å²) in [5, 5.41) is 0. The summed E-state index contributed by atoms with van der Waals surface area (Å²) in [7, 11) is 0. The Labute approximate surface area is 349 Å². The summed E-state index contributed by atoms with van der Waals surface area (Å²) < 4.78 is 0. The summed E-state index contributed by atoms with van der Waals surface area (Å²) in [6.07, 6.45) is 0. The number of hydrogen-bond donors (Lipinski definition) is 0. The number of benzene rings is 8. The van der Waals surface area contributed by atoms with Crippen molar-refractivity contribution in [3.05, 3.63) is 224 Å². The van der Waals surface area contributed by atoms with Gasteiger partial charge in [-0.15, -0.1) is 0 Å². The monoisotopic (exact) mass is 767 g/mol. The third-order valence-corrected chi connectivity index (χ3v) is 10.6. The van der Waals surface area contributed by atoms with Gasteiger partial charge < -0.3 is 0 Å². The van der Waals surface area contributed by atoms with Crippen molar-refractivity contribution in [2.24, 2.45) is 0 Å². The average molecular weight is 768 g/mol. The van der Waals surface area contributed by atoms with Crippen LogP contribution in [0.1, 0.15) is 0 Å². The van der Waals surface area contributed by atoms with Crippen molar-refractivity contribution in [3.8, 4) is 101 Å². The zero-order chi connectivity index (χ0) is 40.1. The lowest BCUT2D eigenvalue weighted by Gasteiger charge is -2.12. The van der Waals surface area contributed by atoms with Crippen LogP contribution in [-0.4, -0.2) is 24.9 Å². The van der Waals surface area contributed by atoms with Gasteiger partial charge in [-0.1, -0.05) is 206 Å². The molecule has 0 N–H and O–H groups in total. The molecule has 60 heavy (non-hydrogen) atoms. The standard InChI is InChI=1S/C55H37N5/c1-5-15-38(16-6-1)40-27-31-42(32-28-40)50-37-51(57-52(56-50)43-19-9-3-10-20-43)48-25-13-23-46(35-48)47-24-14-26-49(36-47)55-59-53(44-21-11-4-12-22-44)58-54(60-55)45-33-29-41(30-34-45)39-17-7-2-8-18-39/h1-37H. The average Bonchev–Trinajstić information content (AvgIpc) is 3.35. The largest absolute Gasteiger partial charge is 0.228 e. The second-order valence-corrected chi connectivity index (χ2v) is 14.5. The molecule has 0 aliphatic rings. The molecule has 0 atom stereocenters. The van der Waals surface area contributed by atoms with Gasteiger partial charge in [-0.3, -0.25) is 0 Å². The molecule has 0 bridgehead atoms. The Bertz CT molecular complexity index is 2830. The van der Waals surface area contributed by atoms with Gasteiger partial charge in [0.15, 0.2) is 23.3 Å². The Morgan fingerprint density at radius 2 is 0.450 bits per heavy atom. The molecule has 2 aromatic heterocycles. The van der Waals surface area contributed by atoms with Gasteiger partial charge >= 0.3 is 0 Å². The summed E-state index contributed by atoms with van der Waals surface area (Å²) in [6.45, 7) is 0. The van der Waals surface area contributed by atoms with E-state index in [1.165, 1.54) is 5.56 Å². The number of aromatic nitrogens is 5. The molecule has 0 fully saturated rings. The van der Waals surface area contributed by atoms with Crippen molar-refractivity contribution in [1.82, 2.24) is 24.9 Å². The fourth-order valence-electron chi connectivity index (χ4n) is 7.41. The van der Waals surface area contributed by atoms with E-state index in [2.05, 4.69) is 164 Å². The van der Waals surface area contributed by atoms with E-state index in [4.69, 9.17) is 24.9 Å². The van der Waals surface area contributed by atoms with Crippen molar-refractivity contribution >= 4 is 0 Å². The van der Waals surface area contributed by atoms with E-state index in [9.17, 15) is 0 Å². The molecule has 282 valence electrons. The van der Waals surface area contributed by atoms with Gasteiger partial charge in [0.2, 0.25) is 0 Å². The molecular formula is C55H37N5. The predicted octanol–water partition coefficient (Wildman–Crippen LogP) is 13.7. The Balaban J connectivity index is 1.02. The lowest BCUT2D eigenvalue weighted by Crippen LogP contribution is -2.00. The van der Waals surface area contributed by atoms with E-state index in [0.29, 0.717) is 23.3 Å². The van der Waals surface area contributed by atoms with Crippen molar-refractivity contribution in [2.45, 2.75) is 0 Å². The minimum absolute atomic E-state index is 0.607. The topological polar surface area (TPSA) is 64.5 Å². The highest BCUT2D eigenvalue weighted by atomic mass is 15.0. The first-order chi connectivity index (χ1) is 29.7. The van der Waals surface area contributed by atoms with Crippen LogP contribution in [0.3, 0.4) is 0 Å². The van der Waals surface area contributed by atoms with Crippen LogP contribution in [0.4, 0.5) is 0 Å². The van der Waals surface area contributed by atoms with Crippen LogP contribution in [0.25, 0.3) is 101 Å². The van der Waals surface area contributed by atoms with Crippen LogP contribution in [0.15, 0.2) is 224 Å². The molecule has 0 spiro atoms. The molecule has 0 saturated heterocycles. The number of nitrogens with zero attached hydrogens (tertiary/aromatic N) is 5. The summed E-state index contributed by atoms with van der Waals surface area (Å²) in [5.74, 6) is 2.53. The van der Waals surface area contributed by atoms with E-state index >= 15 is 0 Å². The molecule has 8 aromatic carbocycles. The van der Waals surface area contributed by atoms with Crippen molar-refractivity contribution < 1.29 is 0 Å². The third kappa shape index (κ3) is 7.76. The third-order valence-electron chi connectivity index (χ3n) is 10.6. The van der Waals surface area contributed by atoms with Crippen molar-refractivity contribution in [3.63, 3.8) is 0 Å². The Morgan fingerprint density at radius 1 is 0.167 bits per heavy atom. The lowest BCUT2D eigenvalue weighted by atomic mass is 9.98. The van der Waals surface area contributed by atoms with E-state index < -0.39 is 0 Å². The number of rotatable bonds is 9. The lowest BCUT2D eigenvalue weighted by molar-refractivity contribution is 1.07. The van der Waals surface area contributed by atoms with Crippen LogP contribution in [-0.2, 0) is 0 Å². The van der Waals surface area contributed by atoms with Gasteiger partial charge in [0.05, 0.1) is 11.4 Å². The van der Waals surface area contributed by atoms with Gasteiger partial charge in [-0.25, -0.2) is 24.9 Å². The van der Waals surface area contributed by atoms with Gasteiger partial charge in [0.1, 0.15) is 0 Å². The summed E-state index contributed by atoms with van der Waals surface area (Å²) in [4.78, 5) is 25.3. The molecule has 0 aliphatic heterocycles. The second kappa shape index (κ2) is 16.4. The molecule has 0 radical (unpaired) electrons. The quantitative estimate of drug-likeness (QED) is 0.146. The molecule has 5 heteroatoms. The van der Waals surface area contributed by atoms with Gasteiger partial charge in [0.25, 0.3) is 0 Å². The minimum Gasteiger partial charge on any atom is -0.228 e. The number of hydrogen-bond acceptors (Lipinski definition) is 5. The van der Waals surface area contributed by atoms with Crippen LogP contribution in [0, 0.1) is 0 Å². The first kappa shape index (κ1) is 36.2. The zero-order valence-corrected chi connectivity index (χ0v) is 32.6. The Kier molecular flexibility index (Phi) is 9.88. The molecule has 0 unspecified atom stereocenters. The van der Waals surface area contributed by atoms with E-state index in [-0.39, 0.29) is 0 Å². The maximum atomic E-state index is 5.13. The highest BCUT2D eigenvalue weighted by Crippen LogP contribution is 2.33. The second-order valence-electron chi connectivity index (χ2n) is 14.5. The van der Waals surface area contributed by atoms with Crippen molar-refractivity contribution in [2.75, 3.05) is 0 Å². The molecule has 2 heterocycles. The molecule has 5 nitrogen and oxygen atoms in total. The van der Waals surface area contributed by atoms with Crippen molar-refractivity contribution in [1.29, 1.82) is 0 Å². The molecule has 10 aromatic rings. The van der Waals surface area contributed by atoms with E-state index in [1.807, 2.05) is 60.7 Å². The molecule has 0 saturated carbocycles. The Morgan fingerprint density at radius 3 is 0.933 bits per heavy atom. The maximum Gasteiger partial charge on any atom is 0.164 e. The maximum absolute atomic E-state index is 5.13. The van der Waals surface area contributed by atoms with E-state index in [0.717, 1.165) is 72.6 Å². The summed E-state index contributed by atoms with van der Waals surface area (Å²) in [6, 6.07) is 77.0. The zero-order valence-electron chi connectivity index (χ0n) is 32.6. The summed E-state index contributed by atoms with van der Waals surface area (Å²) >= 11 is 0. The highest BCUT2D eigenvalue weighted by Gasteiger charge is 2.15. The first-order valence-electron chi connectivity index (χ1n) is 20.0. The molecule has 0 aliphatic carbocycles. The minimum atomic E-state index is 0.607. The fraction of sp³-hybridized carbons (Fsp3) is 0. The van der Waals surface area contributed by atoms with Gasteiger partial charge in [-0.2, -0.15) is 0 Å². The van der Waals surface area contributed by atoms with E-state index in [1.54, 1.807) is 0 Å². The van der Waals surface area contributed by atoms with Crippen LogP contribution in [0.5, 0.6) is 0 Å². The summed E-state index contributed by atoms with van der Waals surface area (Å²) in [5.41, 5.74) is 14.2.